The van der Waals surface area contributed by atoms with Crippen LogP contribution < -0.4 is 0 Å². The smallest absolute Gasteiger partial charge is 0.141 e. The van der Waals surface area contributed by atoms with Gasteiger partial charge >= 0.3 is 0 Å². The Labute approximate surface area is 112 Å². The highest BCUT2D eigenvalue weighted by Gasteiger charge is 2.18. The number of hydrogen-bond donors (Lipinski definition) is 0. The lowest BCUT2D eigenvalue weighted by Gasteiger charge is -2.31. The first-order valence-corrected chi connectivity index (χ1v) is 6.82. The highest BCUT2D eigenvalue weighted by Crippen LogP contribution is 2.22. The zero-order valence-electron chi connectivity index (χ0n) is 9.63. The van der Waals surface area contributed by atoms with E-state index in [2.05, 4.69) is 4.90 Å². The molecule has 1 nitrogen and oxygen atoms in total. The van der Waals surface area contributed by atoms with Crippen LogP contribution in [0.15, 0.2) is 18.2 Å². The van der Waals surface area contributed by atoms with Gasteiger partial charge in [0.1, 0.15) is 5.82 Å². The van der Waals surface area contributed by atoms with Crippen molar-refractivity contribution in [2.75, 3.05) is 19.0 Å². The fourth-order valence-corrected chi connectivity index (χ4v) is 2.71. The number of piperidine rings is 1. The van der Waals surface area contributed by atoms with Crippen LogP contribution in [-0.2, 0) is 6.54 Å². The summed E-state index contributed by atoms with van der Waals surface area (Å²) in [4.78, 5) is 2.37. The van der Waals surface area contributed by atoms with Crippen LogP contribution >= 0.6 is 23.2 Å². The van der Waals surface area contributed by atoms with Gasteiger partial charge in [0.25, 0.3) is 0 Å². The van der Waals surface area contributed by atoms with Crippen molar-refractivity contribution in [3.05, 3.63) is 34.6 Å². The summed E-state index contributed by atoms with van der Waals surface area (Å²) in [5.74, 6) is 1.07. The van der Waals surface area contributed by atoms with Crippen molar-refractivity contribution >= 4 is 23.2 Å². The molecule has 94 valence electrons. The van der Waals surface area contributed by atoms with E-state index in [4.69, 9.17) is 23.2 Å². The molecule has 1 fully saturated rings. The molecule has 1 aliphatic rings. The number of likely N-dealkylation sites (tertiary alicyclic amines) is 1. The second kappa shape index (κ2) is 6.03. The number of rotatable bonds is 3. The van der Waals surface area contributed by atoms with Crippen molar-refractivity contribution < 1.29 is 4.39 Å². The first-order valence-electron chi connectivity index (χ1n) is 5.91. The number of benzene rings is 1. The Morgan fingerprint density at radius 3 is 2.59 bits per heavy atom. The summed E-state index contributed by atoms with van der Waals surface area (Å²) in [6.45, 7) is 2.97. The van der Waals surface area contributed by atoms with Gasteiger partial charge in [-0.15, -0.1) is 11.6 Å². The molecule has 1 aliphatic heterocycles. The predicted octanol–water partition coefficient (Wildman–Crippen LogP) is 3.93. The van der Waals surface area contributed by atoms with Gasteiger partial charge in [-0.25, -0.2) is 4.39 Å². The molecule has 17 heavy (non-hydrogen) atoms. The molecular weight excluding hydrogens is 260 g/mol. The third-order valence-corrected chi connectivity index (χ3v) is 4.04. The largest absolute Gasteiger partial charge is 0.299 e. The molecule has 0 radical (unpaired) electrons. The van der Waals surface area contributed by atoms with E-state index < -0.39 is 0 Å². The minimum Gasteiger partial charge on any atom is -0.299 e. The van der Waals surface area contributed by atoms with E-state index in [9.17, 15) is 4.39 Å². The van der Waals surface area contributed by atoms with Crippen LogP contribution in [0.5, 0.6) is 0 Å². The molecule has 0 bridgehead atoms. The molecule has 0 aliphatic carbocycles. The summed E-state index contributed by atoms with van der Waals surface area (Å²) in [7, 11) is 0. The van der Waals surface area contributed by atoms with E-state index in [1.165, 1.54) is 6.07 Å². The van der Waals surface area contributed by atoms with Crippen LogP contribution in [0, 0.1) is 11.7 Å². The lowest BCUT2D eigenvalue weighted by Crippen LogP contribution is -2.33. The van der Waals surface area contributed by atoms with Gasteiger partial charge in [-0.3, -0.25) is 4.90 Å². The van der Waals surface area contributed by atoms with Crippen molar-refractivity contribution in [2.24, 2.45) is 5.92 Å². The minimum absolute atomic E-state index is 0.207. The molecule has 0 aromatic heterocycles. The zero-order chi connectivity index (χ0) is 12.3. The molecule has 0 atom stereocenters. The second-order valence-electron chi connectivity index (χ2n) is 4.62. The predicted molar refractivity (Wildman–Crippen MR) is 70.1 cm³/mol. The van der Waals surface area contributed by atoms with Crippen molar-refractivity contribution in [3.8, 4) is 0 Å². The van der Waals surface area contributed by atoms with Gasteiger partial charge in [0.05, 0.1) is 5.02 Å². The Bertz CT molecular complexity index is 376. The summed E-state index contributed by atoms with van der Waals surface area (Å²) in [6.07, 6.45) is 2.30. The molecule has 1 heterocycles. The van der Waals surface area contributed by atoms with Crippen molar-refractivity contribution in [1.29, 1.82) is 0 Å². The van der Waals surface area contributed by atoms with Crippen LogP contribution in [0.1, 0.15) is 18.4 Å². The average molecular weight is 276 g/mol. The summed E-state index contributed by atoms with van der Waals surface area (Å²) in [6, 6.07) is 4.95. The maximum absolute atomic E-state index is 13.0. The molecule has 0 spiro atoms. The van der Waals surface area contributed by atoms with Crippen LogP contribution in [-0.4, -0.2) is 23.9 Å². The summed E-state index contributed by atoms with van der Waals surface area (Å²) in [5, 5.41) is 0.207. The molecule has 1 saturated heterocycles. The van der Waals surface area contributed by atoms with Crippen molar-refractivity contribution in [1.82, 2.24) is 4.90 Å². The minimum atomic E-state index is -0.351. The van der Waals surface area contributed by atoms with Gasteiger partial charge in [-0.2, -0.15) is 0 Å². The Morgan fingerprint density at radius 1 is 1.29 bits per heavy atom. The van der Waals surface area contributed by atoms with E-state index in [-0.39, 0.29) is 10.8 Å². The maximum Gasteiger partial charge on any atom is 0.141 e. The Kier molecular flexibility index (Phi) is 4.66. The van der Waals surface area contributed by atoms with E-state index in [1.807, 2.05) is 0 Å². The van der Waals surface area contributed by atoms with Gasteiger partial charge in [-0.1, -0.05) is 17.7 Å². The highest BCUT2D eigenvalue weighted by atomic mass is 35.5. The molecule has 0 unspecified atom stereocenters. The fourth-order valence-electron chi connectivity index (χ4n) is 2.20. The van der Waals surface area contributed by atoms with E-state index >= 15 is 0 Å². The van der Waals surface area contributed by atoms with Crippen molar-refractivity contribution in [3.63, 3.8) is 0 Å². The lowest BCUT2D eigenvalue weighted by molar-refractivity contribution is 0.186. The molecule has 4 heteroatoms. The van der Waals surface area contributed by atoms with E-state index in [0.717, 1.165) is 43.9 Å². The highest BCUT2D eigenvalue weighted by molar-refractivity contribution is 6.30. The maximum atomic E-state index is 13.0. The second-order valence-corrected chi connectivity index (χ2v) is 5.34. The Hall–Kier alpha value is -0.310. The molecule has 1 aromatic carbocycles. The summed E-state index contributed by atoms with van der Waals surface area (Å²) in [5.41, 5.74) is 1.07. The fraction of sp³-hybridized carbons (Fsp3) is 0.538. The summed E-state index contributed by atoms with van der Waals surface area (Å²) < 4.78 is 13.0. The third kappa shape index (κ3) is 3.57. The van der Waals surface area contributed by atoms with Gasteiger partial charge in [0.2, 0.25) is 0 Å². The zero-order valence-corrected chi connectivity index (χ0v) is 11.1. The van der Waals surface area contributed by atoms with Crippen LogP contribution in [0.4, 0.5) is 4.39 Å². The van der Waals surface area contributed by atoms with E-state index in [0.29, 0.717) is 5.92 Å². The summed E-state index contributed by atoms with van der Waals surface area (Å²) >= 11 is 11.6. The van der Waals surface area contributed by atoms with Crippen LogP contribution in [0.3, 0.4) is 0 Å². The van der Waals surface area contributed by atoms with Gasteiger partial charge in [0, 0.05) is 12.4 Å². The van der Waals surface area contributed by atoms with Gasteiger partial charge in [-0.05, 0) is 49.5 Å². The lowest BCUT2D eigenvalue weighted by atomic mass is 9.98. The molecule has 1 aromatic rings. The number of alkyl halides is 1. The first-order chi connectivity index (χ1) is 8.19. The topological polar surface area (TPSA) is 3.24 Å². The number of nitrogens with zero attached hydrogens (tertiary/aromatic N) is 1. The molecule has 0 amide bonds. The molecule has 2 rings (SSSR count). The quantitative estimate of drug-likeness (QED) is 0.756. The van der Waals surface area contributed by atoms with Crippen molar-refractivity contribution in [2.45, 2.75) is 19.4 Å². The average Bonchev–Trinajstić information content (AvgIpc) is 2.35. The third-order valence-electron chi connectivity index (χ3n) is 3.32. The standard InChI is InChI=1S/C13H16Cl2FN/c14-8-10-3-5-17(6-4-10)9-11-1-2-13(16)12(15)7-11/h1-2,7,10H,3-6,8-9H2. The Morgan fingerprint density at radius 2 is 2.00 bits per heavy atom. The van der Waals surface area contributed by atoms with Crippen LogP contribution in [0.25, 0.3) is 0 Å². The normalized spacial score (nSPS) is 18.5. The first kappa shape index (κ1) is 13.1. The molecule has 0 saturated carbocycles. The molecule has 0 N–H and O–H groups in total. The SMILES string of the molecule is Fc1ccc(CN2CCC(CCl)CC2)cc1Cl. The van der Waals surface area contributed by atoms with Gasteiger partial charge in [0.15, 0.2) is 0 Å². The molecular formula is C13H16Cl2FN. The number of hydrogen-bond acceptors (Lipinski definition) is 1. The monoisotopic (exact) mass is 275 g/mol. The number of halogens is 3. The van der Waals surface area contributed by atoms with Gasteiger partial charge < -0.3 is 0 Å². The van der Waals surface area contributed by atoms with E-state index in [1.54, 1.807) is 12.1 Å². The van der Waals surface area contributed by atoms with Crippen LogP contribution in [0.2, 0.25) is 5.02 Å². The Balaban J connectivity index is 1.91.